The fraction of sp³-hybridized carbons (Fsp3) is 0.625. The van der Waals surface area contributed by atoms with Crippen molar-refractivity contribution >= 4 is 0 Å². The van der Waals surface area contributed by atoms with E-state index in [1.807, 2.05) is 6.07 Å². The zero-order chi connectivity index (χ0) is 13.4. The molecule has 1 atom stereocenters. The Morgan fingerprint density at radius 2 is 1.94 bits per heavy atom. The lowest BCUT2D eigenvalue weighted by Gasteiger charge is -2.18. The highest BCUT2D eigenvalue weighted by Crippen LogP contribution is 2.18. The van der Waals surface area contributed by atoms with E-state index in [2.05, 4.69) is 32.2 Å². The molecule has 0 spiro atoms. The van der Waals surface area contributed by atoms with Crippen LogP contribution in [0.2, 0.25) is 0 Å². The van der Waals surface area contributed by atoms with Crippen LogP contribution in [-0.2, 0) is 6.54 Å². The second-order valence-electron chi connectivity index (χ2n) is 5.14. The molecule has 102 valence electrons. The molecule has 18 heavy (non-hydrogen) atoms. The maximum absolute atomic E-state index is 9.81. The number of unbranched alkanes of at least 4 members (excludes halogenated alkanes) is 1. The number of phenolic OH excluding ortho intramolecular Hbond substituents is 1. The van der Waals surface area contributed by atoms with Crippen molar-refractivity contribution in [1.29, 1.82) is 0 Å². The van der Waals surface area contributed by atoms with E-state index in [1.165, 1.54) is 37.7 Å². The number of benzene rings is 1. The molecule has 0 amide bonds. The molecule has 2 heteroatoms. The Balaban J connectivity index is 2.52. The molecule has 2 nitrogen and oxygen atoms in total. The Morgan fingerprint density at radius 3 is 2.61 bits per heavy atom. The van der Waals surface area contributed by atoms with Gasteiger partial charge in [-0.05, 0) is 25.8 Å². The van der Waals surface area contributed by atoms with Gasteiger partial charge in [-0.2, -0.15) is 0 Å². The summed E-state index contributed by atoms with van der Waals surface area (Å²) in [5.41, 5.74) is 2.21. The first-order valence-electron chi connectivity index (χ1n) is 7.19. The maximum atomic E-state index is 9.81. The normalized spacial score (nSPS) is 12.6. The Morgan fingerprint density at radius 1 is 1.17 bits per heavy atom. The lowest BCUT2D eigenvalue weighted by molar-refractivity contribution is 0.422. The van der Waals surface area contributed by atoms with E-state index < -0.39 is 0 Å². The molecule has 0 bridgehead atoms. The van der Waals surface area contributed by atoms with Crippen LogP contribution in [0.3, 0.4) is 0 Å². The van der Waals surface area contributed by atoms with Gasteiger partial charge in [0, 0.05) is 18.2 Å². The summed E-state index contributed by atoms with van der Waals surface area (Å²) in [6.07, 6.45) is 6.18. The quantitative estimate of drug-likeness (QED) is 0.725. The number of aromatic hydroxyl groups is 1. The molecule has 0 radical (unpaired) electrons. The number of rotatable bonds is 8. The summed E-state index contributed by atoms with van der Waals surface area (Å²) in [5, 5.41) is 13.4. The third kappa shape index (κ3) is 5.09. The van der Waals surface area contributed by atoms with Gasteiger partial charge in [-0.25, -0.2) is 0 Å². The van der Waals surface area contributed by atoms with Crippen molar-refractivity contribution in [2.45, 2.75) is 65.5 Å². The summed E-state index contributed by atoms with van der Waals surface area (Å²) in [4.78, 5) is 0. The average Bonchev–Trinajstić information content (AvgIpc) is 2.36. The largest absolute Gasteiger partial charge is 0.508 e. The molecule has 1 aromatic rings. The number of hydrogen-bond acceptors (Lipinski definition) is 2. The van der Waals surface area contributed by atoms with Crippen LogP contribution in [0.15, 0.2) is 18.2 Å². The highest BCUT2D eigenvalue weighted by Gasteiger charge is 2.08. The fourth-order valence-electron chi connectivity index (χ4n) is 2.26. The topological polar surface area (TPSA) is 32.3 Å². The predicted molar refractivity (Wildman–Crippen MR) is 77.9 cm³/mol. The van der Waals surface area contributed by atoms with Crippen LogP contribution in [-0.4, -0.2) is 11.1 Å². The first-order chi connectivity index (χ1) is 8.67. The van der Waals surface area contributed by atoms with Crippen LogP contribution >= 0.6 is 0 Å². The molecule has 2 N–H and O–H groups in total. The molecule has 0 aliphatic heterocycles. The minimum absolute atomic E-state index is 0.402. The molecule has 0 heterocycles. The van der Waals surface area contributed by atoms with Crippen molar-refractivity contribution in [2.75, 3.05) is 0 Å². The monoisotopic (exact) mass is 249 g/mol. The molecular weight excluding hydrogens is 222 g/mol. The smallest absolute Gasteiger partial charge is 0.120 e. The third-order valence-corrected chi connectivity index (χ3v) is 3.36. The lowest BCUT2D eigenvalue weighted by atomic mass is 10.0. The predicted octanol–water partition coefficient (Wildman–Crippen LogP) is 4.15. The number of phenols is 1. The van der Waals surface area contributed by atoms with Gasteiger partial charge >= 0.3 is 0 Å². The van der Waals surface area contributed by atoms with Crippen molar-refractivity contribution in [3.8, 4) is 5.75 Å². The second-order valence-corrected chi connectivity index (χ2v) is 5.14. The van der Waals surface area contributed by atoms with E-state index in [0.717, 1.165) is 12.1 Å². The highest BCUT2D eigenvalue weighted by atomic mass is 16.3. The molecule has 0 aromatic heterocycles. The third-order valence-electron chi connectivity index (χ3n) is 3.36. The van der Waals surface area contributed by atoms with E-state index in [1.54, 1.807) is 6.07 Å². The summed E-state index contributed by atoms with van der Waals surface area (Å²) in [7, 11) is 0. The van der Waals surface area contributed by atoms with E-state index in [9.17, 15) is 5.11 Å². The highest BCUT2D eigenvalue weighted by molar-refractivity contribution is 5.35. The molecule has 1 unspecified atom stereocenters. The Hall–Kier alpha value is -1.02. The zero-order valence-corrected chi connectivity index (χ0v) is 12.0. The minimum atomic E-state index is 0.402. The van der Waals surface area contributed by atoms with Gasteiger partial charge < -0.3 is 10.4 Å². The SMILES string of the molecule is CCCCC(CCC)NCc1cc(C)ccc1O. The van der Waals surface area contributed by atoms with Gasteiger partial charge in [0.25, 0.3) is 0 Å². The Bertz CT molecular complexity index is 349. The molecule has 1 rings (SSSR count). The summed E-state index contributed by atoms with van der Waals surface area (Å²) in [5.74, 6) is 0.402. The summed E-state index contributed by atoms with van der Waals surface area (Å²) < 4.78 is 0. The number of aryl methyl sites for hydroxylation is 1. The minimum Gasteiger partial charge on any atom is -0.508 e. The average molecular weight is 249 g/mol. The molecule has 0 fully saturated rings. The van der Waals surface area contributed by atoms with Gasteiger partial charge in [-0.15, -0.1) is 0 Å². The van der Waals surface area contributed by atoms with Crippen LogP contribution in [0.4, 0.5) is 0 Å². The van der Waals surface area contributed by atoms with E-state index in [-0.39, 0.29) is 0 Å². The van der Waals surface area contributed by atoms with E-state index in [0.29, 0.717) is 11.8 Å². The molecule has 1 aromatic carbocycles. The van der Waals surface area contributed by atoms with Gasteiger partial charge in [0.2, 0.25) is 0 Å². The lowest BCUT2D eigenvalue weighted by Crippen LogP contribution is -2.28. The van der Waals surface area contributed by atoms with Crippen molar-refractivity contribution < 1.29 is 5.11 Å². The van der Waals surface area contributed by atoms with Gasteiger partial charge in [-0.3, -0.25) is 0 Å². The first kappa shape index (κ1) is 15.0. The zero-order valence-electron chi connectivity index (χ0n) is 12.0. The van der Waals surface area contributed by atoms with Crippen molar-refractivity contribution in [1.82, 2.24) is 5.32 Å². The molecule has 0 aliphatic rings. The molecule has 0 saturated heterocycles. The summed E-state index contributed by atoms with van der Waals surface area (Å²) in [6.45, 7) is 7.28. The summed E-state index contributed by atoms with van der Waals surface area (Å²) >= 11 is 0. The van der Waals surface area contributed by atoms with Crippen LogP contribution in [0.25, 0.3) is 0 Å². The molecular formula is C16H27NO. The molecule has 0 saturated carbocycles. The van der Waals surface area contributed by atoms with Crippen molar-refractivity contribution in [3.05, 3.63) is 29.3 Å². The van der Waals surface area contributed by atoms with E-state index >= 15 is 0 Å². The van der Waals surface area contributed by atoms with Crippen LogP contribution < -0.4 is 5.32 Å². The molecule has 0 aliphatic carbocycles. The van der Waals surface area contributed by atoms with Gasteiger partial charge in [0.05, 0.1) is 0 Å². The standard InChI is InChI=1S/C16H27NO/c1-4-6-8-15(7-5-2)17-12-14-11-13(3)9-10-16(14)18/h9-11,15,17-18H,4-8,12H2,1-3H3. The number of hydrogen-bond donors (Lipinski definition) is 2. The van der Waals surface area contributed by atoms with Gasteiger partial charge in [-0.1, -0.05) is 50.8 Å². The Kier molecular flexibility index (Phi) is 6.81. The van der Waals surface area contributed by atoms with E-state index in [4.69, 9.17) is 0 Å². The summed E-state index contributed by atoms with van der Waals surface area (Å²) in [6, 6.07) is 6.37. The van der Waals surface area contributed by atoms with Crippen LogP contribution in [0, 0.1) is 6.92 Å². The van der Waals surface area contributed by atoms with Gasteiger partial charge in [0.15, 0.2) is 0 Å². The second kappa shape index (κ2) is 8.15. The van der Waals surface area contributed by atoms with Gasteiger partial charge in [0.1, 0.15) is 5.75 Å². The Labute approximate surface area is 111 Å². The fourth-order valence-corrected chi connectivity index (χ4v) is 2.26. The number of nitrogens with one attached hydrogen (secondary N) is 1. The van der Waals surface area contributed by atoms with Crippen molar-refractivity contribution in [2.24, 2.45) is 0 Å². The van der Waals surface area contributed by atoms with Crippen molar-refractivity contribution in [3.63, 3.8) is 0 Å². The first-order valence-corrected chi connectivity index (χ1v) is 7.19. The van der Waals surface area contributed by atoms with Crippen LogP contribution in [0.1, 0.15) is 57.1 Å². The maximum Gasteiger partial charge on any atom is 0.120 e. The van der Waals surface area contributed by atoms with Crippen LogP contribution in [0.5, 0.6) is 5.75 Å².